The lowest BCUT2D eigenvalue weighted by Gasteiger charge is -2.22. The van der Waals surface area contributed by atoms with Gasteiger partial charge in [0.1, 0.15) is 5.76 Å². The fraction of sp³-hybridized carbons (Fsp3) is 0.353. The molecule has 3 atom stereocenters. The maximum absolute atomic E-state index is 12.3. The molecule has 4 nitrogen and oxygen atoms in total. The molecule has 1 N–H and O–H groups in total. The van der Waals surface area contributed by atoms with Crippen molar-refractivity contribution in [3.8, 4) is 11.3 Å². The molecule has 2 aliphatic heterocycles. The van der Waals surface area contributed by atoms with Crippen molar-refractivity contribution in [1.82, 2.24) is 10.2 Å². The lowest BCUT2D eigenvalue weighted by molar-refractivity contribution is 0.0897. The van der Waals surface area contributed by atoms with Crippen molar-refractivity contribution < 1.29 is 9.21 Å². The summed E-state index contributed by atoms with van der Waals surface area (Å²) in [5, 5.41) is 3.12. The third-order valence-corrected chi connectivity index (χ3v) is 4.54. The molecule has 0 saturated carbocycles. The lowest BCUT2D eigenvalue weighted by atomic mass is 10.00. The van der Waals surface area contributed by atoms with E-state index in [2.05, 4.69) is 10.2 Å². The minimum absolute atomic E-state index is 0.101. The summed E-state index contributed by atoms with van der Waals surface area (Å²) in [5.41, 5.74) is 0.989. The van der Waals surface area contributed by atoms with E-state index in [0.717, 1.165) is 24.4 Å². The molecule has 1 aromatic heterocycles. The molecule has 0 spiro atoms. The summed E-state index contributed by atoms with van der Waals surface area (Å²) in [5.74, 6) is 1.64. The molecule has 1 aromatic carbocycles. The number of piperidine rings is 1. The summed E-state index contributed by atoms with van der Waals surface area (Å²) < 4.78 is 5.70. The van der Waals surface area contributed by atoms with Crippen molar-refractivity contribution in [3.05, 3.63) is 48.2 Å². The molecule has 0 radical (unpaired) electrons. The van der Waals surface area contributed by atoms with Crippen molar-refractivity contribution in [2.75, 3.05) is 19.6 Å². The highest BCUT2D eigenvalue weighted by Gasteiger charge is 2.38. The molecule has 4 rings (SSSR count). The number of furan rings is 1. The summed E-state index contributed by atoms with van der Waals surface area (Å²) in [6.07, 6.45) is 1.19. The predicted octanol–water partition coefficient (Wildman–Crippen LogP) is 2.38. The van der Waals surface area contributed by atoms with Gasteiger partial charge >= 0.3 is 0 Å². The smallest absolute Gasteiger partial charge is 0.287 e. The highest BCUT2D eigenvalue weighted by Crippen LogP contribution is 2.28. The fourth-order valence-corrected chi connectivity index (χ4v) is 3.40. The highest BCUT2D eigenvalue weighted by molar-refractivity contribution is 5.92. The minimum atomic E-state index is -0.101. The van der Waals surface area contributed by atoms with Crippen LogP contribution in [-0.2, 0) is 0 Å². The van der Waals surface area contributed by atoms with Crippen molar-refractivity contribution >= 4 is 5.91 Å². The Morgan fingerprint density at radius 1 is 1.14 bits per heavy atom. The van der Waals surface area contributed by atoms with Crippen LogP contribution in [0.5, 0.6) is 0 Å². The first-order chi connectivity index (χ1) is 10.3. The number of benzene rings is 1. The van der Waals surface area contributed by atoms with Gasteiger partial charge in [-0.1, -0.05) is 30.3 Å². The molecule has 0 aliphatic carbocycles. The monoisotopic (exact) mass is 282 g/mol. The first-order valence-electron chi connectivity index (χ1n) is 7.48. The Hall–Kier alpha value is -2.07. The maximum atomic E-state index is 12.3. The second kappa shape index (κ2) is 5.04. The zero-order valence-corrected chi connectivity index (χ0v) is 11.8. The van der Waals surface area contributed by atoms with Gasteiger partial charge in [0.15, 0.2) is 5.76 Å². The van der Waals surface area contributed by atoms with Gasteiger partial charge in [-0.2, -0.15) is 0 Å². The number of rotatable bonds is 3. The van der Waals surface area contributed by atoms with Gasteiger partial charge in [0.25, 0.3) is 5.91 Å². The number of carbonyl (C=O) groups is 1. The van der Waals surface area contributed by atoms with E-state index < -0.39 is 0 Å². The van der Waals surface area contributed by atoms with Crippen LogP contribution in [0.15, 0.2) is 46.9 Å². The van der Waals surface area contributed by atoms with Gasteiger partial charge in [0.05, 0.1) is 0 Å². The van der Waals surface area contributed by atoms with E-state index in [1.54, 1.807) is 6.07 Å². The average molecular weight is 282 g/mol. The van der Waals surface area contributed by atoms with Crippen LogP contribution in [0.1, 0.15) is 17.0 Å². The van der Waals surface area contributed by atoms with E-state index >= 15 is 0 Å². The Balaban J connectivity index is 1.47. The van der Waals surface area contributed by atoms with Crippen LogP contribution in [0, 0.1) is 5.92 Å². The van der Waals surface area contributed by atoms with E-state index in [1.165, 1.54) is 13.0 Å². The molecule has 2 bridgehead atoms. The van der Waals surface area contributed by atoms with Gasteiger partial charge < -0.3 is 14.6 Å². The van der Waals surface area contributed by atoms with Gasteiger partial charge in [-0.15, -0.1) is 0 Å². The zero-order valence-electron chi connectivity index (χ0n) is 11.8. The highest BCUT2D eigenvalue weighted by atomic mass is 16.3. The standard InChI is InChI=1S/C17H18N2O2/c20-17(18-14-11-19-9-8-13(14)10-19)16-7-6-15(21-16)12-4-2-1-3-5-12/h1-7,13-14H,8-11H2,(H,18,20)/t13-,14?/m0/s1. The molecule has 3 heterocycles. The fourth-order valence-electron chi connectivity index (χ4n) is 3.40. The third kappa shape index (κ3) is 2.36. The molecule has 2 aromatic rings. The van der Waals surface area contributed by atoms with Gasteiger partial charge in [0.2, 0.25) is 0 Å². The second-order valence-corrected chi connectivity index (χ2v) is 5.92. The largest absolute Gasteiger partial charge is 0.451 e. The lowest BCUT2D eigenvalue weighted by Crippen LogP contribution is -2.43. The molecule has 108 valence electrons. The predicted molar refractivity (Wildman–Crippen MR) is 79.9 cm³/mol. The molecule has 21 heavy (non-hydrogen) atoms. The first-order valence-corrected chi connectivity index (χ1v) is 7.48. The van der Waals surface area contributed by atoms with Gasteiger partial charge in [-0.3, -0.25) is 4.79 Å². The summed E-state index contributed by atoms with van der Waals surface area (Å²) in [7, 11) is 0. The van der Waals surface area contributed by atoms with Crippen LogP contribution in [0.2, 0.25) is 0 Å². The number of nitrogens with zero attached hydrogens (tertiary/aromatic N) is 1. The Morgan fingerprint density at radius 2 is 2.00 bits per heavy atom. The molecule has 2 aliphatic rings. The van der Waals surface area contributed by atoms with Crippen LogP contribution in [0.3, 0.4) is 0 Å². The topological polar surface area (TPSA) is 45.5 Å². The average Bonchev–Trinajstić information content (AvgIpc) is 3.24. The molecular formula is C17H18N2O2. The Kier molecular flexibility index (Phi) is 3.04. The number of nitrogens with one attached hydrogen (secondary N) is 1. The number of amides is 1. The van der Waals surface area contributed by atoms with Crippen LogP contribution in [-0.4, -0.2) is 36.5 Å². The number of hydrogen-bond acceptors (Lipinski definition) is 3. The SMILES string of the molecule is O=C(NC1CN2CC[C@H]1C2)c1ccc(-c2ccccc2)o1. The molecular weight excluding hydrogens is 264 g/mol. The summed E-state index contributed by atoms with van der Waals surface area (Å²) in [6, 6.07) is 13.7. The zero-order chi connectivity index (χ0) is 14.2. The van der Waals surface area contributed by atoms with E-state index in [1.807, 2.05) is 36.4 Å². The third-order valence-electron chi connectivity index (χ3n) is 4.54. The van der Waals surface area contributed by atoms with Crippen LogP contribution < -0.4 is 5.32 Å². The molecule has 1 amide bonds. The van der Waals surface area contributed by atoms with Crippen molar-refractivity contribution in [1.29, 1.82) is 0 Å². The van der Waals surface area contributed by atoms with Crippen LogP contribution in [0.25, 0.3) is 11.3 Å². The Morgan fingerprint density at radius 3 is 2.71 bits per heavy atom. The van der Waals surface area contributed by atoms with Crippen molar-refractivity contribution in [2.45, 2.75) is 12.5 Å². The van der Waals surface area contributed by atoms with E-state index in [0.29, 0.717) is 11.7 Å². The maximum Gasteiger partial charge on any atom is 0.287 e. The van der Waals surface area contributed by atoms with E-state index in [-0.39, 0.29) is 11.9 Å². The molecule has 2 saturated heterocycles. The minimum Gasteiger partial charge on any atom is -0.451 e. The second-order valence-electron chi connectivity index (χ2n) is 5.92. The molecule has 4 heteroatoms. The van der Waals surface area contributed by atoms with Gasteiger partial charge in [0, 0.05) is 24.7 Å². The van der Waals surface area contributed by atoms with E-state index in [4.69, 9.17) is 4.42 Å². The Bertz CT molecular complexity index is 650. The first kappa shape index (κ1) is 12.7. The number of carbonyl (C=O) groups excluding carboxylic acids is 1. The molecule has 2 unspecified atom stereocenters. The van der Waals surface area contributed by atoms with Gasteiger partial charge in [-0.05, 0) is 31.0 Å². The molecule has 2 fully saturated rings. The van der Waals surface area contributed by atoms with E-state index in [9.17, 15) is 4.79 Å². The Labute approximate surface area is 123 Å². The van der Waals surface area contributed by atoms with Crippen LogP contribution >= 0.6 is 0 Å². The summed E-state index contributed by atoms with van der Waals surface area (Å²) in [6.45, 7) is 3.27. The van der Waals surface area contributed by atoms with Crippen molar-refractivity contribution in [2.24, 2.45) is 5.92 Å². The summed E-state index contributed by atoms with van der Waals surface area (Å²) in [4.78, 5) is 14.7. The quantitative estimate of drug-likeness (QED) is 0.940. The number of fused-ring (bicyclic) bond motifs is 2. The summed E-state index contributed by atoms with van der Waals surface area (Å²) >= 11 is 0. The normalized spacial score (nSPS) is 27.0. The van der Waals surface area contributed by atoms with Gasteiger partial charge in [-0.25, -0.2) is 0 Å². The van der Waals surface area contributed by atoms with Crippen molar-refractivity contribution in [3.63, 3.8) is 0 Å². The van der Waals surface area contributed by atoms with Crippen LogP contribution in [0.4, 0.5) is 0 Å². The number of hydrogen-bond donors (Lipinski definition) is 1.